The summed E-state index contributed by atoms with van der Waals surface area (Å²) in [5.74, 6) is 0.894. The fourth-order valence-corrected chi connectivity index (χ4v) is 3.27. The molecule has 1 amide bonds. The first-order chi connectivity index (χ1) is 10.6. The van der Waals surface area contributed by atoms with E-state index in [1.807, 2.05) is 6.26 Å². The van der Waals surface area contributed by atoms with Crippen molar-refractivity contribution in [2.75, 3.05) is 25.1 Å². The van der Waals surface area contributed by atoms with Gasteiger partial charge in [-0.15, -0.1) is 12.4 Å². The van der Waals surface area contributed by atoms with Crippen LogP contribution in [0.2, 0.25) is 0 Å². The fraction of sp³-hybridized carbons (Fsp3) is 0.588. The lowest BCUT2D eigenvalue weighted by Gasteiger charge is -2.34. The highest BCUT2D eigenvalue weighted by Gasteiger charge is 2.21. The van der Waals surface area contributed by atoms with Crippen molar-refractivity contribution in [1.82, 2.24) is 10.2 Å². The van der Waals surface area contributed by atoms with E-state index < -0.39 is 0 Å². The van der Waals surface area contributed by atoms with Gasteiger partial charge in [0.15, 0.2) is 0 Å². The Kier molecular flexibility index (Phi) is 8.99. The smallest absolute Gasteiger partial charge is 0.237 e. The number of rotatable bonds is 7. The van der Waals surface area contributed by atoms with E-state index in [9.17, 15) is 4.79 Å². The molecule has 0 fully saturated rings. The second-order valence-corrected chi connectivity index (χ2v) is 6.96. The van der Waals surface area contributed by atoms with Crippen molar-refractivity contribution in [3.63, 3.8) is 0 Å². The number of carbonyl (C=O) groups is 1. The second kappa shape index (κ2) is 10.2. The number of hydrogen-bond donors (Lipinski definition) is 2. The molecule has 0 spiro atoms. The van der Waals surface area contributed by atoms with Crippen molar-refractivity contribution in [1.29, 1.82) is 0 Å². The third kappa shape index (κ3) is 5.99. The Morgan fingerprint density at radius 2 is 2.09 bits per heavy atom. The van der Waals surface area contributed by atoms with Crippen LogP contribution in [0.25, 0.3) is 0 Å². The zero-order valence-corrected chi connectivity index (χ0v) is 15.6. The molecule has 23 heavy (non-hydrogen) atoms. The summed E-state index contributed by atoms with van der Waals surface area (Å²) in [6, 6.07) is 8.55. The lowest BCUT2D eigenvalue weighted by Crippen LogP contribution is -2.48. The van der Waals surface area contributed by atoms with Crippen LogP contribution in [0.3, 0.4) is 0 Å². The summed E-state index contributed by atoms with van der Waals surface area (Å²) >= 11 is 1.72. The third-order valence-corrected chi connectivity index (χ3v) is 4.97. The van der Waals surface area contributed by atoms with E-state index in [4.69, 9.17) is 5.73 Å². The molecular weight excluding hydrogens is 330 g/mol. The van der Waals surface area contributed by atoms with Crippen LogP contribution in [0, 0.1) is 0 Å². The zero-order chi connectivity index (χ0) is 15.9. The summed E-state index contributed by atoms with van der Waals surface area (Å²) in [6.07, 6.45) is 3.85. The molecule has 1 aromatic carbocycles. The fourth-order valence-electron chi connectivity index (χ4n) is 2.78. The number of amides is 1. The minimum absolute atomic E-state index is 0. The molecule has 0 aromatic heterocycles. The molecule has 4 nitrogen and oxygen atoms in total. The Labute approximate surface area is 150 Å². The molecule has 1 heterocycles. The van der Waals surface area contributed by atoms with E-state index >= 15 is 0 Å². The van der Waals surface area contributed by atoms with Crippen molar-refractivity contribution >= 4 is 30.1 Å². The molecule has 1 aliphatic rings. The van der Waals surface area contributed by atoms with Crippen molar-refractivity contribution in [2.45, 2.75) is 38.4 Å². The van der Waals surface area contributed by atoms with E-state index in [-0.39, 0.29) is 24.4 Å². The van der Waals surface area contributed by atoms with E-state index in [2.05, 4.69) is 41.4 Å². The minimum atomic E-state index is -0.387. The summed E-state index contributed by atoms with van der Waals surface area (Å²) in [7, 11) is 0. The van der Waals surface area contributed by atoms with Crippen LogP contribution in [0.15, 0.2) is 24.3 Å². The highest BCUT2D eigenvalue weighted by atomic mass is 35.5. The van der Waals surface area contributed by atoms with Gasteiger partial charge in [-0.25, -0.2) is 0 Å². The number of halogens is 1. The highest BCUT2D eigenvalue weighted by molar-refractivity contribution is 7.98. The van der Waals surface area contributed by atoms with Gasteiger partial charge in [0.05, 0.1) is 6.04 Å². The number of nitrogens with two attached hydrogens (primary N) is 1. The average Bonchev–Trinajstić information content (AvgIpc) is 2.56. The number of fused-ring (bicyclic) bond motifs is 1. The molecule has 3 N–H and O–H groups in total. The van der Waals surface area contributed by atoms with Gasteiger partial charge >= 0.3 is 0 Å². The first kappa shape index (κ1) is 20.3. The molecule has 1 unspecified atom stereocenters. The normalized spacial score (nSPS) is 16.8. The summed E-state index contributed by atoms with van der Waals surface area (Å²) in [6.45, 7) is 4.84. The molecule has 0 aliphatic carbocycles. The molecular formula is C17H28ClN3OS. The molecule has 0 saturated carbocycles. The van der Waals surface area contributed by atoms with Gasteiger partial charge in [-0.3, -0.25) is 9.69 Å². The average molecular weight is 358 g/mol. The zero-order valence-electron chi connectivity index (χ0n) is 14.0. The van der Waals surface area contributed by atoms with Crippen LogP contribution in [0.5, 0.6) is 0 Å². The molecule has 0 radical (unpaired) electrons. The van der Waals surface area contributed by atoms with Gasteiger partial charge in [-0.2, -0.15) is 11.8 Å². The van der Waals surface area contributed by atoms with Gasteiger partial charge in [-0.1, -0.05) is 24.3 Å². The number of nitrogens with one attached hydrogen (secondary N) is 1. The van der Waals surface area contributed by atoms with Crippen LogP contribution >= 0.6 is 24.2 Å². The first-order valence-corrected chi connectivity index (χ1v) is 9.34. The minimum Gasteiger partial charge on any atom is -0.353 e. The number of hydrogen-bond acceptors (Lipinski definition) is 4. The quantitative estimate of drug-likeness (QED) is 0.784. The molecule has 1 aromatic rings. The topological polar surface area (TPSA) is 58.4 Å². The molecule has 2 rings (SSSR count). The van der Waals surface area contributed by atoms with Gasteiger partial charge in [0.2, 0.25) is 5.91 Å². The molecule has 2 atom stereocenters. The Hall–Kier alpha value is -0.750. The number of carbonyl (C=O) groups excluding carboxylic acids is 1. The SMILES string of the molecule is CSCC[C@H](N)C(=O)NCC(C)N1CCc2ccccc2C1.Cl. The Bertz CT molecular complexity index is 500. The van der Waals surface area contributed by atoms with Crippen molar-refractivity contribution in [2.24, 2.45) is 5.73 Å². The van der Waals surface area contributed by atoms with Crippen LogP contribution in [-0.2, 0) is 17.8 Å². The van der Waals surface area contributed by atoms with E-state index in [1.54, 1.807) is 11.8 Å². The van der Waals surface area contributed by atoms with E-state index in [1.165, 1.54) is 11.1 Å². The number of nitrogens with zero attached hydrogens (tertiary/aromatic N) is 1. The Morgan fingerprint density at radius 3 is 2.78 bits per heavy atom. The molecule has 6 heteroatoms. The maximum absolute atomic E-state index is 12.0. The molecule has 0 bridgehead atoms. The lowest BCUT2D eigenvalue weighted by molar-refractivity contribution is -0.122. The standard InChI is InChI=1S/C17H27N3OS.ClH/c1-13(11-19-17(21)16(18)8-10-22-2)20-9-7-14-5-3-4-6-15(14)12-20;/h3-6,13,16H,7-12,18H2,1-2H3,(H,19,21);1H/t13?,16-;/m0./s1. The first-order valence-electron chi connectivity index (χ1n) is 7.95. The summed E-state index contributed by atoms with van der Waals surface area (Å²) < 4.78 is 0. The van der Waals surface area contributed by atoms with Crippen molar-refractivity contribution in [3.05, 3.63) is 35.4 Å². The third-order valence-electron chi connectivity index (χ3n) is 4.32. The van der Waals surface area contributed by atoms with Crippen LogP contribution in [0.1, 0.15) is 24.5 Å². The van der Waals surface area contributed by atoms with Gasteiger partial charge in [0, 0.05) is 25.7 Å². The van der Waals surface area contributed by atoms with Crippen molar-refractivity contribution in [3.8, 4) is 0 Å². The maximum Gasteiger partial charge on any atom is 0.237 e. The van der Waals surface area contributed by atoms with Crippen LogP contribution in [-0.4, -0.2) is 48.0 Å². The highest BCUT2D eigenvalue weighted by Crippen LogP contribution is 2.19. The molecule has 1 aliphatic heterocycles. The monoisotopic (exact) mass is 357 g/mol. The van der Waals surface area contributed by atoms with Gasteiger partial charge in [-0.05, 0) is 42.9 Å². The van der Waals surface area contributed by atoms with Crippen LogP contribution in [0.4, 0.5) is 0 Å². The summed E-state index contributed by atoms with van der Waals surface area (Å²) in [5.41, 5.74) is 8.75. The largest absolute Gasteiger partial charge is 0.353 e. The van der Waals surface area contributed by atoms with Gasteiger partial charge < -0.3 is 11.1 Å². The van der Waals surface area contributed by atoms with E-state index in [0.717, 1.165) is 31.7 Å². The van der Waals surface area contributed by atoms with Crippen molar-refractivity contribution < 1.29 is 4.79 Å². The summed E-state index contributed by atoms with van der Waals surface area (Å²) in [5, 5.41) is 3.00. The second-order valence-electron chi connectivity index (χ2n) is 5.97. The molecule has 130 valence electrons. The lowest BCUT2D eigenvalue weighted by atomic mass is 9.99. The molecule has 0 saturated heterocycles. The Morgan fingerprint density at radius 1 is 1.39 bits per heavy atom. The van der Waals surface area contributed by atoms with Gasteiger partial charge in [0.1, 0.15) is 0 Å². The number of thioether (sulfide) groups is 1. The maximum atomic E-state index is 12.0. The summed E-state index contributed by atoms with van der Waals surface area (Å²) in [4.78, 5) is 14.4. The predicted octanol–water partition coefficient (Wildman–Crippen LogP) is 2.05. The predicted molar refractivity (Wildman–Crippen MR) is 101 cm³/mol. The van der Waals surface area contributed by atoms with Crippen LogP contribution < -0.4 is 11.1 Å². The van der Waals surface area contributed by atoms with Gasteiger partial charge in [0.25, 0.3) is 0 Å². The number of benzene rings is 1. The Balaban J connectivity index is 0.00000264. The van der Waals surface area contributed by atoms with E-state index in [0.29, 0.717) is 12.6 Å².